The standard InChI is InChI=1S/C5H4ClN.2ClH.Pd/c6-5-2-1-3-7-4-5;;;/h1-4H;2*1H;. The van der Waals surface area contributed by atoms with Crippen molar-refractivity contribution in [2.24, 2.45) is 0 Å². The molecule has 0 aliphatic rings. The van der Waals surface area contributed by atoms with Crippen LogP contribution < -0.4 is 0 Å². The fourth-order valence-electron chi connectivity index (χ4n) is 0.342. The van der Waals surface area contributed by atoms with Crippen molar-refractivity contribution in [2.45, 2.75) is 0 Å². The average Bonchev–Trinajstić information content (AvgIpc) is 1.69. The maximum absolute atomic E-state index is 5.48. The van der Waals surface area contributed by atoms with Gasteiger partial charge in [-0.3, -0.25) is 4.98 Å². The summed E-state index contributed by atoms with van der Waals surface area (Å²) in [6, 6.07) is 3.58. The van der Waals surface area contributed by atoms with Gasteiger partial charge in [0.2, 0.25) is 0 Å². The van der Waals surface area contributed by atoms with E-state index in [0.717, 1.165) is 0 Å². The quantitative estimate of drug-likeness (QED) is 0.670. The first kappa shape index (κ1) is 17.0. The summed E-state index contributed by atoms with van der Waals surface area (Å²) < 4.78 is 0. The van der Waals surface area contributed by atoms with E-state index in [1.54, 1.807) is 24.5 Å². The van der Waals surface area contributed by atoms with Crippen LogP contribution in [-0.4, -0.2) is 4.98 Å². The van der Waals surface area contributed by atoms with Crippen LogP contribution in [0.3, 0.4) is 0 Å². The van der Waals surface area contributed by atoms with Crippen molar-refractivity contribution >= 4 is 36.4 Å². The summed E-state index contributed by atoms with van der Waals surface area (Å²) >= 11 is 5.48. The number of hydrogen-bond donors (Lipinski definition) is 0. The molecule has 0 radical (unpaired) electrons. The Kier molecular flexibility index (Phi) is 16.4. The largest absolute Gasteiger partial charge is 0.263 e. The Labute approximate surface area is 91.0 Å². The van der Waals surface area contributed by atoms with E-state index in [1.807, 2.05) is 0 Å². The van der Waals surface area contributed by atoms with Crippen molar-refractivity contribution in [1.29, 1.82) is 0 Å². The molecule has 1 nitrogen and oxygen atoms in total. The molecule has 10 heavy (non-hydrogen) atoms. The Morgan fingerprint density at radius 1 is 1.30 bits per heavy atom. The van der Waals surface area contributed by atoms with Crippen LogP contribution >= 0.6 is 36.4 Å². The molecule has 62 valence electrons. The van der Waals surface area contributed by atoms with E-state index in [4.69, 9.17) is 11.6 Å². The number of pyridine rings is 1. The zero-order valence-electron chi connectivity index (χ0n) is 4.77. The maximum Gasteiger partial charge on any atom is 0.0589 e. The third-order valence-corrected chi connectivity index (χ3v) is 0.849. The summed E-state index contributed by atoms with van der Waals surface area (Å²) in [6.45, 7) is 0. The molecule has 0 N–H and O–H groups in total. The summed E-state index contributed by atoms with van der Waals surface area (Å²) in [5, 5.41) is 0.683. The van der Waals surface area contributed by atoms with Gasteiger partial charge in [0.1, 0.15) is 0 Å². The first-order valence-corrected chi connectivity index (χ1v) is 2.33. The molecular formula is C5H6Cl3NPd. The molecule has 0 amide bonds. The molecule has 1 aromatic rings. The van der Waals surface area contributed by atoms with Gasteiger partial charge in [-0.1, -0.05) is 11.6 Å². The van der Waals surface area contributed by atoms with E-state index in [9.17, 15) is 0 Å². The minimum atomic E-state index is 0. The fraction of sp³-hybridized carbons (Fsp3) is 0. The summed E-state index contributed by atoms with van der Waals surface area (Å²) in [6.07, 6.45) is 3.29. The Balaban J connectivity index is -0.000000163. The van der Waals surface area contributed by atoms with Gasteiger partial charge in [0.15, 0.2) is 0 Å². The van der Waals surface area contributed by atoms with Crippen LogP contribution in [0.1, 0.15) is 0 Å². The second kappa shape index (κ2) is 9.68. The molecule has 0 atom stereocenters. The van der Waals surface area contributed by atoms with Gasteiger partial charge in [-0.2, -0.15) is 0 Å². The number of aromatic nitrogens is 1. The van der Waals surface area contributed by atoms with Crippen molar-refractivity contribution in [3.8, 4) is 0 Å². The molecule has 1 heterocycles. The average molecular weight is 293 g/mol. The SMILES string of the molecule is Cl.Cl.Clc1cccnc1.[Pd]. The summed E-state index contributed by atoms with van der Waals surface area (Å²) in [5.74, 6) is 0. The summed E-state index contributed by atoms with van der Waals surface area (Å²) in [5.41, 5.74) is 0. The van der Waals surface area contributed by atoms with Crippen LogP contribution in [-0.2, 0) is 20.4 Å². The number of halogens is 3. The van der Waals surface area contributed by atoms with Gasteiger partial charge >= 0.3 is 0 Å². The Hall–Kier alpha value is 0.682. The molecule has 0 bridgehead atoms. The fourth-order valence-corrected chi connectivity index (χ4v) is 0.471. The zero-order valence-corrected chi connectivity index (χ0v) is 8.71. The second-order valence-corrected chi connectivity index (χ2v) is 1.61. The molecule has 0 aromatic carbocycles. The molecular weight excluding hydrogens is 287 g/mol. The van der Waals surface area contributed by atoms with Crippen LogP contribution in [0.15, 0.2) is 24.5 Å². The molecule has 0 aliphatic carbocycles. The molecule has 0 aliphatic heterocycles. The van der Waals surface area contributed by atoms with Crippen LogP contribution in [0, 0.1) is 0 Å². The topological polar surface area (TPSA) is 12.9 Å². The molecule has 5 heteroatoms. The van der Waals surface area contributed by atoms with Crippen LogP contribution in [0.2, 0.25) is 5.02 Å². The Bertz CT molecular complexity index is 147. The normalized spacial score (nSPS) is 6.10. The Morgan fingerprint density at radius 3 is 2.10 bits per heavy atom. The predicted octanol–water partition coefficient (Wildman–Crippen LogP) is 2.58. The van der Waals surface area contributed by atoms with Gasteiger partial charge < -0.3 is 0 Å². The molecule has 0 unspecified atom stereocenters. The van der Waals surface area contributed by atoms with E-state index in [2.05, 4.69) is 4.98 Å². The van der Waals surface area contributed by atoms with E-state index in [1.165, 1.54) is 0 Å². The summed E-state index contributed by atoms with van der Waals surface area (Å²) in [4.78, 5) is 3.75. The molecule has 1 rings (SSSR count). The van der Waals surface area contributed by atoms with Crippen LogP contribution in [0.25, 0.3) is 0 Å². The number of nitrogens with zero attached hydrogens (tertiary/aromatic N) is 1. The van der Waals surface area contributed by atoms with Gasteiger partial charge in [-0.05, 0) is 12.1 Å². The van der Waals surface area contributed by atoms with Crippen LogP contribution in [0.5, 0.6) is 0 Å². The third kappa shape index (κ3) is 6.80. The maximum atomic E-state index is 5.48. The van der Waals surface area contributed by atoms with Crippen molar-refractivity contribution in [3.05, 3.63) is 29.5 Å². The van der Waals surface area contributed by atoms with E-state index < -0.39 is 0 Å². The third-order valence-electron chi connectivity index (χ3n) is 0.625. The first-order chi connectivity index (χ1) is 3.39. The minimum Gasteiger partial charge on any atom is -0.263 e. The van der Waals surface area contributed by atoms with Crippen molar-refractivity contribution in [3.63, 3.8) is 0 Å². The van der Waals surface area contributed by atoms with E-state index in [-0.39, 0.29) is 45.2 Å². The molecule has 0 saturated carbocycles. The molecule has 1 aromatic heterocycles. The van der Waals surface area contributed by atoms with Crippen LogP contribution in [0.4, 0.5) is 0 Å². The van der Waals surface area contributed by atoms with Gasteiger partial charge in [0, 0.05) is 32.8 Å². The monoisotopic (exact) mass is 291 g/mol. The van der Waals surface area contributed by atoms with E-state index >= 15 is 0 Å². The van der Waals surface area contributed by atoms with Gasteiger partial charge in [0.25, 0.3) is 0 Å². The van der Waals surface area contributed by atoms with Crippen molar-refractivity contribution in [1.82, 2.24) is 4.98 Å². The van der Waals surface area contributed by atoms with E-state index in [0.29, 0.717) is 5.02 Å². The minimum absolute atomic E-state index is 0. The summed E-state index contributed by atoms with van der Waals surface area (Å²) in [7, 11) is 0. The second-order valence-electron chi connectivity index (χ2n) is 1.17. The Morgan fingerprint density at radius 2 is 1.90 bits per heavy atom. The van der Waals surface area contributed by atoms with Gasteiger partial charge in [0.05, 0.1) is 5.02 Å². The predicted molar refractivity (Wildman–Crippen MR) is 43.7 cm³/mol. The zero-order chi connectivity index (χ0) is 5.11. The van der Waals surface area contributed by atoms with Gasteiger partial charge in [-0.25, -0.2) is 0 Å². The number of hydrogen-bond acceptors (Lipinski definition) is 1. The first-order valence-electron chi connectivity index (χ1n) is 1.95. The van der Waals surface area contributed by atoms with Gasteiger partial charge in [-0.15, -0.1) is 24.8 Å². The van der Waals surface area contributed by atoms with Crippen molar-refractivity contribution < 1.29 is 20.4 Å². The molecule has 0 spiro atoms. The smallest absolute Gasteiger partial charge is 0.0589 e. The molecule has 0 saturated heterocycles. The number of rotatable bonds is 0. The molecule has 0 fully saturated rings. The van der Waals surface area contributed by atoms with Crippen molar-refractivity contribution in [2.75, 3.05) is 0 Å².